The molecule has 0 saturated heterocycles. The minimum atomic E-state index is -0.768. The summed E-state index contributed by atoms with van der Waals surface area (Å²) in [6.45, 7) is 1.85. The van der Waals surface area contributed by atoms with E-state index in [2.05, 4.69) is 20.9 Å². The summed E-state index contributed by atoms with van der Waals surface area (Å²) >= 11 is 0. The zero-order valence-corrected chi connectivity index (χ0v) is 13.7. The number of fused-ring (bicyclic) bond motifs is 1. The van der Waals surface area contributed by atoms with Crippen LogP contribution in [-0.4, -0.2) is 28.7 Å². The lowest BCUT2D eigenvalue weighted by Crippen LogP contribution is -2.41. The molecule has 1 aliphatic rings. The number of carbonyl (C=O) groups excluding carboxylic acids is 3. The van der Waals surface area contributed by atoms with E-state index in [0.29, 0.717) is 17.1 Å². The van der Waals surface area contributed by atoms with Gasteiger partial charge in [-0.3, -0.25) is 14.4 Å². The van der Waals surface area contributed by atoms with Gasteiger partial charge in [0.25, 0.3) is 5.91 Å². The quantitative estimate of drug-likeness (QED) is 0.792. The lowest BCUT2D eigenvalue weighted by molar-refractivity contribution is -0.118. The summed E-state index contributed by atoms with van der Waals surface area (Å²) in [6, 6.07) is 9.65. The predicted octanol–water partition coefficient (Wildman–Crippen LogP) is 1.86. The molecule has 7 nitrogen and oxygen atoms in total. The van der Waals surface area contributed by atoms with Gasteiger partial charge in [-0.2, -0.15) is 0 Å². The van der Waals surface area contributed by atoms with Crippen molar-refractivity contribution in [2.24, 2.45) is 0 Å². The van der Waals surface area contributed by atoms with E-state index >= 15 is 0 Å². The Balaban J connectivity index is 1.62. The molecule has 1 atom stereocenters. The van der Waals surface area contributed by atoms with Crippen LogP contribution in [0.2, 0.25) is 0 Å². The van der Waals surface area contributed by atoms with Crippen LogP contribution in [0.3, 0.4) is 0 Å². The van der Waals surface area contributed by atoms with Gasteiger partial charge in [0.2, 0.25) is 11.8 Å². The molecular weight excluding hydrogens is 320 g/mol. The summed E-state index contributed by atoms with van der Waals surface area (Å²) in [4.78, 5) is 40.7. The predicted molar refractivity (Wildman–Crippen MR) is 93.2 cm³/mol. The molecule has 7 heteroatoms. The fraction of sp³-hybridized carbons (Fsp3) is 0.222. The second kappa shape index (κ2) is 7.12. The fourth-order valence-corrected chi connectivity index (χ4v) is 2.60. The third kappa shape index (κ3) is 3.82. The highest BCUT2D eigenvalue weighted by Crippen LogP contribution is 2.19. The summed E-state index contributed by atoms with van der Waals surface area (Å²) in [5.41, 5.74) is 1.74. The standard InChI is InChI=1S/C18H18N4O3/c1-11-5-4-10-19-16(11)22-15(23)9-8-14-18(25)20-13-7-3-2-6-12(13)17(24)21-14/h2-7,10,14H,8-9H2,1H3,(H,20,25)(H,21,24)(H,19,22,23). The number of benzene rings is 1. The van der Waals surface area contributed by atoms with E-state index in [1.807, 2.05) is 13.0 Å². The number of nitrogens with one attached hydrogen (secondary N) is 3. The highest BCUT2D eigenvalue weighted by atomic mass is 16.2. The topological polar surface area (TPSA) is 100 Å². The van der Waals surface area contributed by atoms with Crippen molar-refractivity contribution in [3.8, 4) is 0 Å². The van der Waals surface area contributed by atoms with Crippen LogP contribution in [0.5, 0.6) is 0 Å². The number of carbonyl (C=O) groups is 3. The van der Waals surface area contributed by atoms with Gasteiger partial charge in [0.05, 0.1) is 11.3 Å². The maximum atomic E-state index is 12.3. The van der Waals surface area contributed by atoms with E-state index in [1.54, 1.807) is 36.5 Å². The van der Waals surface area contributed by atoms with Crippen LogP contribution in [-0.2, 0) is 9.59 Å². The number of hydrogen-bond acceptors (Lipinski definition) is 4. The normalized spacial score (nSPS) is 16.3. The third-order valence-electron chi connectivity index (χ3n) is 3.98. The SMILES string of the molecule is Cc1cccnc1NC(=O)CCC1NC(=O)c2ccccc2NC1=O. The van der Waals surface area contributed by atoms with Crippen molar-refractivity contribution in [2.75, 3.05) is 10.6 Å². The molecule has 0 bridgehead atoms. The minimum absolute atomic E-state index is 0.0880. The van der Waals surface area contributed by atoms with Gasteiger partial charge in [-0.25, -0.2) is 4.98 Å². The molecule has 1 aromatic heterocycles. The maximum Gasteiger partial charge on any atom is 0.254 e. The van der Waals surface area contributed by atoms with Gasteiger partial charge in [0.15, 0.2) is 0 Å². The lowest BCUT2D eigenvalue weighted by atomic mass is 10.1. The van der Waals surface area contributed by atoms with Crippen molar-refractivity contribution in [2.45, 2.75) is 25.8 Å². The Kier molecular flexibility index (Phi) is 4.74. The third-order valence-corrected chi connectivity index (χ3v) is 3.98. The number of nitrogens with zero attached hydrogens (tertiary/aromatic N) is 1. The van der Waals surface area contributed by atoms with Gasteiger partial charge in [-0.1, -0.05) is 18.2 Å². The fourth-order valence-electron chi connectivity index (χ4n) is 2.60. The molecule has 0 radical (unpaired) electrons. The number of pyridine rings is 1. The molecule has 0 fully saturated rings. The molecule has 1 aliphatic heterocycles. The Labute approximate surface area is 144 Å². The van der Waals surface area contributed by atoms with E-state index < -0.39 is 6.04 Å². The Morgan fingerprint density at radius 1 is 1.20 bits per heavy atom. The summed E-state index contributed by atoms with van der Waals surface area (Å²) in [5.74, 6) is -0.431. The van der Waals surface area contributed by atoms with Crippen LogP contribution in [0.1, 0.15) is 28.8 Å². The van der Waals surface area contributed by atoms with Crippen molar-refractivity contribution in [3.63, 3.8) is 0 Å². The van der Waals surface area contributed by atoms with Crippen molar-refractivity contribution < 1.29 is 14.4 Å². The first-order valence-corrected chi connectivity index (χ1v) is 7.97. The van der Waals surface area contributed by atoms with Gasteiger partial charge in [-0.15, -0.1) is 0 Å². The molecule has 0 saturated carbocycles. The number of hydrogen-bond donors (Lipinski definition) is 3. The van der Waals surface area contributed by atoms with Crippen LogP contribution in [0.25, 0.3) is 0 Å². The summed E-state index contributed by atoms with van der Waals surface area (Å²) in [6.07, 6.45) is 1.88. The molecular formula is C18H18N4O3. The number of anilines is 2. The van der Waals surface area contributed by atoms with E-state index in [0.717, 1.165) is 5.56 Å². The first-order chi connectivity index (χ1) is 12.0. The Morgan fingerprint density at radius 3 is 2.80 bits per heavy atom. The largest absolute Gasteiger partial charge is 0.340 e. The molecule has 2 heterocycles. The molecule has 0 aliphatic carbocycles. The van der Waals surface area contributed by atoms with Crippen LogP contribution in [0.4, 0.5) is 11.5 Å². The summed E-state index contributed by atoms with van der Waals surface area (Å²) in [7, 11) is 0. The van der Waals surface area contributed by atoms with Gasteiger partial charge in [0, 0.05) is 12.6 Å². The van der Waals surface area contributed by atoms with Crippen molar-refractivity contribution in [1.82, 2.24) is 10.3 Å². The smallest absolute Gasteiger partial charge is 0.254 e. The van der Waals surface area contributed by atoms with Gasteiger partial charge in [-0.05, 0) is 37.1 Å². The van der Waals surface area contributed by atoms with E-state index in [1.165, 1.54) is 0 Å². The molecule has 2 aromatic rings. The van der Waals surface area contributed by atoms with Crippen molar-refractivity contribution >= 4 is 29.2 Å². The number of amides is 3. The molecule has 1 unspecified atom stereocenters. The number of aromatic nitrogens is 1. The highest BCUT2D eigenvalue weighted by Gasteiger charge is 2.27. The zero-order chi connectivity index (χ0) is 17.8. The second-order valence-corrected chi connectivity index (χ2v) is 5.82. The summed E-state index contributed by atoms with van der Waals surface area (Å²) in [5, 5.41) is 8.10. The van der Waals surface area contributed by atoms with Gasteiger partial charge >= 0.3 is 0 Å². The van der Waals surface area contributed by atoms with Crippen LogP contribution < -0.4 is 16.0 Å². The Bertz CT molecular complexity index is 835. The number of aryl methyl sites for hydroxylation is 1. The molecule has 3 rings (SSSR count). The maximum absolute atomic E-state index is 12.3. The minimum Gasteiger partial charge on any atom is -0.340 e. The Hall–Kier alpha value is -3.22. The van der Waals surface area contributed by atoms with Crippen molar-refractivity contribution in [1.29, 1.82) is 0 Å². The average Bonchev–Trinajstić information content (AvgIpc) is 2.72. The number of rotatable bonds is 4. The van der Waals surface area contributed by atoms with Crippen LogP contribution >= 0.6 is 0 Å². The first-order valence-electron chi connectivity index (χ1n) is 7.97. The first kappa shape index (κ1) is 16.6. The molecule has 128 valence electrons. The molecule has 1 aromatic carbocycles. The second-order valence-electron chi connectivity index (χ2n) is 5.82. The Morgan fingerprint density at radius 2 is 2.00 bits per heavy atom. The summed E-state index contributed by atoms with van der Waals surface area (Å²) < 4.78 is 0. The molecule has 3 N–H and O–H groups in total. The number of para-hydroxylation sites is 1. The van der Waals surface area contributed by atoms with E-state index in [4.69, 9.17) is 0 Å². The average molecular weight is 338 g/mol. The van der Waals surface area contributed by atoms with Crippen LogP contribution in [0.15, 0.2) is 42.6 Å². The molecule has 3 amide bonds. The lowest BCUT2D eigenvalue weighted by Gasteiger charge is -2.14. The molecule has 25 heavy (non-hydrogen) atoms. The zero-order valence-electron chi connectivity index (χ0n) is 13.7. The van der Waals surface area contributed by atoms with Crippen molar-refractivity contribution in [3.05, 3.63) is 53.7 Å². The van der Waals surface area contributed by atoms with E-state index in [9.17, 15) is 14.4 Å². The van der Waals surface area contributed by atoms with Gasteiger partial charge in [0.1, 0.15) is 11.9 Å². The van der Waals surface area contributed by atoms with E-state index in [-0.39, 0.29) is 30.6 Å². The van der Waals surface area contributed by atoms with Crippen LogP contribution in [0, 0.1) is 6.92 Å². The van der Waals surface area contributed by atoms with Gasteiger partial charge < -0.3 is 16.0 Å². The monoisotopic (exact) mass is 338 g/mol. The highest BCUT2D eigenvalue weighted by molar-refractivity contribution is 6.09. The molecule has 0 spiro atoms.